The van der Waals surface area contributed by atoms with E-state index >= 15 is 0 Å². The molecular formula is C10H12O3. The second-order valence-electron chi connectivity index (χ2n) is 2.48. The molecule has 0 aliphatic rings. The van der Waals surface area contributed by atoms with Crippen LogP contribution in [0.3, 0.4) is 0 Å². The molecule has 1 rings (SSSR count). The second kappa shape index (κ2) is 5.11. The van der Waals surface area contributed by atoms with E-state index in [-0.39, 0.29) is 11.4 Å². The minimum atomic E-state index is -0.388. The summed E-state index contributed by atoms with van der Waals surface area (Å²) >= 11 is 0. The summed E-state index contributed by atoms with van der Waals surface area (Å²) in [4.78, 5) is 11.0. The summed E-state index contributed by atoms with van der Waals surface area (Å²) in [5.41, 5.74) is 0.402. The lowest BCUT2D eigenvalue weighted by atomic mass is 10.3. The molecule has 0 fully saturated rings. The Balaban J connectivity index is 0.00000144. The molecule has 2 N–H and O–H groups in total. The predicted molar refractivity (Wildman–Crippen MR) is 50.5 cm³/mol. The van der Waals surface area contributed by atoms with Crippen molar-refractivity contribution in [2.75, 3.05) is 0 Å². The molecule has 0 atom stereocenters. The van der Waals surface area contributed by atoms with Gasteiger partial charge in [-0.05, 0) is 19.1 Å². The van der Waals surface area contributed by atoms with Crippen molar-refractivity contribution in [2.24, 2.45) is 0 Å². The molecule has 13 heavy (non-hydrogen) atoms. The van der Waals surface area contributed by atoms with Crippen LogP contribution in [-0.4, -0.2) is 11.4 Å². The molecule has 1 aromatic rings. The highest BCUT2D eigenvalue weighted by molar-refractivity contribution is 5.88. The lowest BCUT2D eigenvalue weighted by molar-refractivity contribution is -0.130. The molecule has 0 aromatic heterocycles. The predicted octanol–water partition coefficient (Wildman–Crippen LogP) is 1.34. The molecule has 0 aliphatic carbocycles. The highest BCUT2D eigenvalue weighted by Crippen LogP contribution is 2.09. The first-order valence-electron chi connectivity index (χ1n) is 3.63. The summed E-state index contributed by atoms with van der Waals surface area (Å²) in [7, 11) is 0. The van der Waals surface area contributed by atoms with E-state index in [0.717, 1.165) is 0 Å². The Labute approximate surface area is 77.0 Å². The fourth-order valence-corrected chi connectivity index (χ4v) is 0.683. The van der Waals surface area contributed by atoms with E-state index in [4.69, 9.17) is 4.74 Å². The topological polar surface area (TPSA) is 57.8 Å². The molecule has 0 spiro atoms. The number of carbonyl (C=O) groups excluding carboxylic acids is 1. The monoisotopic (exact) mass is 180 g/mol. The van der Waals surface area contributed by atoms with Crippen LogP contribution in [0.4, 0.5) is 0 Å². The normalized spacial score (nSPS) is 8.38. The maximum absolute atomic E-state index is 11.0. The summed E-state index contributed by atoms with van der Waals surface area (Å²) in [6, 6.07) is 8.92. The van der Waals surface area contributed by atoms with E-state index < -0.39 is 0 Å². The van der Waals surface area contributed by atoms with Crippen molar-refractivity contribution in [2.45, 2.75) is 6.92 Å². The maximum Gasteiger partial charge on any atom is 0.338 e. The number of esters is 1. The quantitative estimate of drug-likeness (QED) is 0.392. The number of hydrogen-bond acceptors (Lipinski definition) is 2. The highest BCUT2D eigenvalue weighted by Gasteiger charge is 2.03. The van der Waals surface area contributed by atoms with Crippen LogP contribution in [-0.2, 0) is 4.79 Å². The van der Waals surface area contributed by atoms with Gasteiger partial charge in [-0.15, -0.1) is 0 Å². The van der Waals surface area contributed by atoms with Gasteiger partial charge in [0.2, 0.25) is 0 Å². The van der Waals surface area contributed by atoms with Gasteiger partial charge in [0.25, 0.3) is 0 Å². The molecule has 0 unspecified atom stereocenters. The molecular weight excluding hydrogens is 168 g/mol. The van der Waals surface area contributed by atoms with E-state index in [1.165, 1.54) is 0 Å². The summed E-state index contributed by atoms with van der Waals surface area (Å²) in [5, 5.41) is 0. The summed E-state index contributed by atoms with van der Waals surface area (Å²) in [5.74, 6) is 0.159. The van der Waals surface area contributed by atoms with Gasteiger partial charge in [-0.1, -0.05) is 24.8 Å². The van der Waals surface area contributed by atoms with Crippen LogP contribution in [0.1, 0.15) is 6.92 Å². The minimum absolute atomic E-state index is 0. The fourth-order valence-electron chi connectivity index (χ4n) is 0.683. The van der Waals surface area contributed by atoms with Crippen molar-refractivity contribution in [3.05, 3.63) is 42.5 Å². The SMILES string of the molecule is C=C(C)C(=O)Oc1ccccc1.O. The van der Waals surface area contributed by atoms with Gasteiger partial charge in [-0.25, -0.2) is 4.79 Å². The number of hydrogen-bond donors (Lipinski definition) is 0. The molecule has 0 aliphatic heterocycles. The lowest BCUT2D eigenvalue weighted by Crippen LogP contribution is -2.07. The molecule has 3 heteroatoms. The number of benzene rings is 1. The third kappa shape index (κ3) is 3.53. The van der Waals surface area contributed by atoms with Crippen molar-refractivity contribution in [3.63, 3.8) is 0 Å². The van der Waals surface area contributed by atoms with Gasteiger partial charge in [-0.2, -0.15) is 0 Å². The third-order valence-corrected chi connectivity index (χ3v) is 1.30. The number of rotatable bonds is 2. The molecule has 0 heterocycles. The number of para-hydroxylation sites is 1. The first-order valence-corrected chi connectivity index (χ1v) is 3.63. The van der Waals surface area contributed by atoms with Crippen molar-refractivity contribution in [1.82, 2.24) is 0 Å². The van der Waals surface area contributed by atoms with Gasteiger partial charge in [0.1, 0.15) is 5.75 Å². The Morgan fingerprint density at radius 3 is 2.31 bits per heavy atom. The Morgan fingerprint density at radius 1 is 1.31 bits per heavy atom. The van der Waals surface area contributed by atoms with Gasteiger partial charge in [0.05, 0.1) is 0 Å². The first kappa shape index (κ1) is 11.4. The average Bonchev–Trinajstić information content (AvgIpc) is 2.06. The van der Waals surface area contributed by atoms with Gasteiger partial charge in [0.15, 0.2) is 0 Å². The van der Waals surface area contributed by atoms with Crippen LogP contribution >= 0.6 is 0 Å². The Hall–Kier alpha value is -1.61. The van der Waals surface area contributed by atoms with Gasteiger partial charge in [-0.3, -0.25) is 0 Å². The standard InChI is InChI=1S/C10H10O2.H2O/c1-8(2)10(11)12-9-6-4-3-5-7-9;/h3-7H,1H2,2H3;1H2. The van der Waals surface area contributed by atoms with E-state index in [1.54, 1.807) is 31.2 Å². The Morgan fingerprint density at radius 2 is 1.85 bits per heavy atom. The molecule has 0 saturated carbocycles. The van der Waals surface area contributed by atoms with E-state index in [0.29, 0.717) is 11.3 Å². The maximum atomic E-state index is 11.0. The van der Waals surface area contributed by atoms with E-state index in [1.807, 2.05) is 6.07 Å². The average molecular weight is 180 g/mol. The zero-order valence-corrected chi connectivity index (χ0v) is 7.41. The first-order chi connectivity index (χ1) is 5.70. The summed E-state index contributed by atoms with van der Waals surface area (Å²) in [6.45, 7) is 5.09. The molecule has 0 bridgehead atoms. The van der Waals surface area contributed by atoms with Crippen LogP contribution in [0.5, 0.6) is 5.75 Å². The van der Waals surface area contributed by atoms with Gasteiger partial charge >= 0.3 is 5.97 Å². The zero-order valence-electron chi connectivity index (χ0n) is 7.41. The Kier molecular flexibility index (Phi) is 4.48. The highest BCUT2D eigenvalue weighted by atomic mass is 16.5. The zero-order chi connectivity index (χ0) is 8.97. The van der Waals surface area contributed by atoms with Gasteiger partial charge < -0.3 is 10.2 Å². The van der Waals surface area contributed by atoms with Crippen molar-refractivity contribution in [3.8, 4) is 5.75 Å². The van der Waals surface area contributed by atoms with Crippen LogP contribution in [0.2, 0.25) is 0 Å². The van der Waals surface area contributed by atoms with Crippen LogP contribution < -0.4 is 4.74 Å². The van der Waals surface area contributed by atoms with Gasteiger partial charge in [0, 0.05) is 5.57 Å². The molecule has 3 nitrogen and oxygen atoms in total. The Bertz CT molecular complexity index is 290. The van der Waals surface area contributed by atoms with Crippen LogP contribution in [0.15, 0.2) is 42.5 Å². The molecule has 1 aromatic carbocycles. The largest absolute Gasteiger partial charge is 0.423 e. The van der Waals surface area contributed by atoms with E-state index in [9.17, 15) is 4.79 Å². The smallest absolute Gasteiger partial charge is 0.338 e. The third-order valence-electron chi connectivity index (χ3n) is 1.30. The molecule has 0 amide bonds. The lowest BCUT2D eigenvalue weighted by Gasteiger charge is -2.01. The van der Waals surface area contributed by atoms with E-state index in [2.05, 4.69) is 6.58 Å². The van der Waals surface area contributed by atoms with Crippen molar-refractivity contribution >= 4 is 5.97 Å². The molecule has 70 valence electrons. The molecule has 0 saturated heterocycles. The summed E-state index contributed by atoms with van der Waals surface area (Å²) in [6.07, 6.45) is 0. The minimum Gasteiger partial charge on any atom is -0.423 e. The summed E-state index contributed by atoms with van der Waals surface area (Å²) < 4.78 is 4.94. The number of carbonyl (C=O) groups is 1. The fraction of sp³-hybridized carbons (Fsp3) is 0.100. The van der Waals surface area contributed by atoms with Crippen LogP contribution in [0, 0.1) is 0 Å². The van der Waals surface area contributed by atoms with Crippen molar-refractivity contribution in [1.29, 1.82) is 0 Å². The van der Waals surface area contributed by atoms with Crippen molar-refractivity contribution < 1.29 is 15.0 Å². The van der Waals surface area contributed by atoms with Crippen LogP contribution in [0.25, 0.3) is 0 Å². The number of ether oxygens (including phenoxy) is 1. The second-order valence-corrected chi connectivity index (χ2v) is 2.48. The molecule has 0 radical (unpaired) electrons.